The average Bonchev–Trinajstić information content (AvgIpc) is 2.69. The maximum Gasteiger partial charge on any atom is 0.178 e. The molecule has 0 radical (unpaired) electrons. The summed E-state index contributed by atoms with van der Waals surface area (Å²) < 4.78 is 17.2. The third-order valence-corrected chi connectivity index (χ3v) is 4.44. The van der Waals surface area contributed by atoms with Gasteiger partial charge in [0.1, 0.15) is 5.82 Å². The molecule has 102 valence electrons. The van der Waals surface area contributed by atoms with E-state index in [0.29, 0.717) is 16.9 Å². The maximum absolute atomic E-state index is 13.6. The fourth-order valence-corrected chi connectivity index (χ4v) is 2.92. The Labute approximate surface area is 129 Å². The first-order valence-corrected chi connectivity index (χ1v) is 7.38. The predicted molar refractivity (Wildman–Crippen MR) is 85.1 cm³/mol. The highest BCUT2D eigenvalue weighted by Gasteiger charge is 2.09. The van der Waals surface area contributed by atoms with Crippen LogP contribution in [0, 0.1) is 17.5 Å². The number of rotatable bonds is 2. The largest absolute Gasteiger partial charge is 0.330 e. The van der Waals surface area contributed by atoms with Crippen molar-refractivity contribution in [1.82, 2.24) is 9.55 Å². The normalized spacial score (nSPS) is 11.2. The molecule has 0 saturated heterocycles. The quantitative estimate of drug-likeness (QED) is 0.648. The smallest absolute Gasteiger partial charge is 0.178 e. The van der Waals surface area contributed by atoms with E-state index in [2.05, 4.69) is 20.9 Å². The number of aromatic nitrogens is 2. The molecule has 0 unspecified atom stereocenters. The van der Waals surface area contributed by atoms with Crippen LogP contribution in [-0.4, -0.2) is 9.55 Å². The molecule has 2 aromatic carbocycles. The van der Waals surface area contributed by atoms with E-state index in [0.717, 1.165) is 21.1 Å². The fraction of sp³-hybridized carbons (Fsp3) is 0.133. The topological polar surface area (TPSA) is 20.7 Å². The van der Waals surface area contributed by atoms with Crippen LogP contribution in [0.5, 0.6) is 0 Å². The van der Waals surface area contributed by atoms with Crippen molar-refractivity contribution >= 4 is 39.2 Å². The van der Waals surface area contributed by atoms with Gasteiger partial charge in [-0.15, -0.1) is 0 Å². The molecule has 0 aliphatic carbocycles. The van der Waals surface area contributed by atoms with Crippen molar-refractivity contribution in [2.24, 2.45) is 0 Å². The molecule has 0 bridgehead atoms. The lowest BCUT2D eigenvalue weighted by atomic mass is 10.2. The van der Waals surface area contributed by atoms with Gasteiger partial charge in [-0.25, -0.2) is 4.39 Å². The van der Waals surface area contributed by atoms with E-state index in [1.54, 1.807) is 6.92 Å². The molecule has 0 amide bonds. The zero-order valence-electron chi connectivity index (χ0n) is 10.8. The number of hydrogen-bond donors (Lipinski definition) is 1. The highest BCUT2D eigenvalue weighted by atomic mass is 79.9. The minimum absolute atomic E-state index is 0.221. The van der Waals surface area contributed by atoms with Crippen molar-refractivity contribution in [3.05, 3.63) is 62.6 Å². The van der Waals surface area contributed by atoms with Gasteiger partial charge in [0.15, 0.2) is 4.77 Å². The molecule has 1 aromatic heterocycles. The minimum atomic E-state index is -0.221. The summed E-state index contributed by atoms with van der Waals surface area (Å²) in [6.45, 7) is 2.40. The molecule has 20 heavy (non-hydrogen) atoms. The number of imidazole rings is 1. The standard InChI is InChI=1S/C15H12BrFN2S/c1-9-6-14-13(7-12(9)17)18-15(20)19(14)8-10-4-2-3-5-11(10)16/h2-7H,8H2,1H3,(H,18,20). The second-order valence-corrected chi connectivity index (χ2v) is 5.97. The number of halogens is 2. The van der Waals surface area contributed by atoms with Crippen molar-refractivity contribution in [2.75, 3.05) is 0 Å². The molecular weight excluding hydrogens is 339 g/mol. The Morgan fingerprint density at radius 2 is 2.05 bits per heavy atom. The van der Waals surface area contributed by atoms with Crippen LogP contribution in [0.25, 0.3) is 11.0 Å². The summed E-state index contributed by atoms with van der Waals surface area (Å²) >= 11 is 8.89. The monoisotopic (exact) mass is 350 g/mol. The number of fused-ring (bicyclic) bond motifs is 1. The summed E-state index contributed by atoms with van der Waals surface area (Å²) in [6, 6.07) is 11.3. The second kappa shape index (κ2) is 5.14. The number of H-pyrrole nitrogens is 1. The lowest BCUT2D eigenvalue weighted by Crippen LogP contribution is -2.00. The van der Waals surface area contributed by atoms with Gasteiger partial charge in [0.05, 0.1) is 17.6 Å². The molecule has 3 aromatic rings. The van der Waals surface area contributed by atoms with Gasteiger partial charge in [0, 0.05) is 4.47 Å². The van der Waals surface area contributed by atoms with E-state index in [-0.39, 0.29) is 5.82 Å². The number of nitrogens with zero attached hydrogens (tertiary/aromatic N) is 1. The van der Waals surface area contributed by atoms with Gasteiger partial charge in [0.2, 0.25) is 0 Å². The molecule has 1 N–H and O–H groups in total. The van der Waals surface area contributed by atoms with Crippen molar-refractivity contribution in [1.29, 1.82) is 0 Å². The molecule has 1 heterocycles. The van der Waals surface area contributed by atoms with Gasteiger partial charge < -0.3 is 9.55 Å². The van der Waals surface area contributed by atoms with E-state index in [9.17, 15) is 4.39 Å². The third kappa shape index (κ3) is 2.31. The zero-order chi connectivity index (χ0) is 14.3. The summed E-state index contributed by atoms with van der Waals surface area (Å²) in [5.74, 6) is -0.221. The van der Waals surface area contributed by atoms with Gasteiger partial charge in [-0.05, 0) is 48.5 Å². The Morgan fingerprint density at radius 1 is 1.30 bits per heavy atom. The van der Waals surface area contributed by atoms with E-state index in [1.807, 2.05) is 34.9 Å². The van der Waals surface area contributed by atoms with Crippen LogP contribution < -0.4 is 0 Å². The van der Waals surface area contributed by atoms with E-state index >= 15 is 0 Å². The summed E-state index contributed by atoms with van der Waals surface area (Å²) in [5, 5.41) is 0. The lowest BCUT2D eigenvalue weighted by molar-refractivity contribution is 0.620. The van der Waals surface area contributed by atoms with Gasteiger partial charge >= 0.3 is 0 Å². The van der Waals surface area contributed by atoms with Gasteiger partial charge in [-0.2, -0.15) is 0 Å². The Kier molecular flexibility index (Phi) is 3.48. The number of nitrogens with one attached hydrogen (secondary N) is 1. The molecule has 3 rings (SSSR count). The second-order valence-electron chi connectivity index (χ2n) is 4.73. The Morgan fingerprint density at radius 3 is 2.80 bits per heavy atom. The molecule has 2 nitrogen and oxygen atoms in total. The highest BCUT2D eigenvalue weighted by molar-refractivity contribution is 9.10. The van der Waals surface area contributed by atoms with Crippen molar-refractivity contribution in [3.63, 3.8) is 0 Å². The van der Waals surface area contributed by atoms with Gasteiger partial charge in [-0.3, -0.25) is 0 Å². The van der Waals surface area contributed by atoms with Crippen LogP contribution in [-0.2, 0) is 6.54 Å². The Hall–Kier alpha value is -1.46. The van der Waals surface area contributed by atoms with Crippen molar-refractivity contribution in [3.8, 4) is 0 Å². The summed E-state index contributed by atoms with van der Waals surface area (Å²) in [5.41, 5.74) is 3.40. The fourth-order valence-electron chi connectivity index (χ4n) is 2.24. The first kappa shape index (κ1) is 13.5. The minimum Gasteiger partial charge on any atom is -0.330 e. The van der Waals surface area contributed by atoms with Gasteiger partial charge in [0.25, 0.3) is 0 Å². The molecule has 0 fully saturated rings. The molecule has 0 spiro atoms. The van der Waals surface area contributed by atoms with Crippen LogP contribution in [0.1, 0.15) is 11.1 Å². The molecule has 0 atom stereocenters. The molecule has 5 heteroatoms. The number of hydrogen-bond acceptors (Lipinski definition) is 1. The Balaban J connectivity index is 2.17. The number of benzene rings is 2. The SMILES string of the molecule is Cc1cc2c(cc1F)[nH]c(=S)n2Cc1ccccc1Br. The molecule has 0 aliphatic heterocycles. The predicted octanol–water partition coefficient (Wildman–Crippen LogP) is 4.96. The molecule has 0 aliphatic rings. The van der Waals surface area contributed by atoms with Crippen molar-refractivity contribution in [2.45, 2.75) is 13.5 Å². The number of aryl methyl sites for hydroxylation is 1. The van der Waals surface area contributed by atoms with E-state index in [4.69, 9.17) is 12.2 Å². The van der Waals surface area contributed by atoms with Crippen LogP contribution in [0.2, 0.25) is 0 Å². The van der Waals surface area contributed by atoms with Crippen LogP contribution in [0.3, 0.4) is 0 Å². The van der Waals surface area contributed by atoms with Gasteiger partial charge in [-0.1, -0.05) is 34.1 Å². The Bertz CT molecular complexity index is 851. The van der Waals surface area contributed by atoms with Crippen LogP contribution in [0.4, 0.5) is 4.39 Å². The van der Waals surface area contributed by atoms with E-state index < -0.39 is 0 Å². The summed E-state index contributed by atoms with van der Waals surface area (Å²) in [4.78, 5) is 3.06. The average molecular weight is 351 g/mol. The summed E-state index contributed by atoms with van der Waals surface area (Å²) in [7, 11) is 0. The van der Waals surface area contributed by atoms with E-state index in [1.165, 1.54) is 6.07 Å². The molecular formula is C15H12BrFN2S. The zero-order valence-corrected chi connectivity index (χ0v) is 13.2. The highest BCUT2D eigenvalue weighted by Crippen LogP contribution is 2.22. The van der Waals surface area contributed by atoms with Crippen LogP contribution >= 0.6 is 28.1 Å². The first-order valence-electron chi connectivity index (χ1n) is 6.18. The first-order chi connectivity index (χ1) is 9.56. The summed E-state index contributed by atoms with van der Waals surface area (Å²) in [6.07, 6.45) is 0. The lowest BCUT2D eigenvalue weighted by Gasteiger charge is -2.07. The maximum atomic E-state index is 13.6. The van der Waals surface area contributed by atoms with Crippen molar-refractivity contribution < 1.29 is 4.39 Å². The van der Waals surface area contributed by atoms with Crippen LogP contribution in [0.15, 0.2) is 40.9 Å². The number of aromatic amines is 1. The molecule has 0 saturated carbocycles. The third-order valence-electron chi connectivity index (χ3n) is 3.34.